The highest BCUT2D eigenvalue weighted by atomic mass is 35.5. The number of carbonyl (C=O) groups excluding carboxylic acids is 2. The fraction of sp³-hybridized carbons (Fsp3) is 0.222. The Kier molecular flexibility index (Phi) is 4.74. The second kappa shape index (κ2) is 6.94. The largest absolute Gasteiger partial charge is 0.353 e. The maximum Gasteiger partial charge on any atom is 0.242 e. The van der Waals surface area contributed by atoms with Gasteiger partial charge in [-0.1, -0.05) is 54.1 Å². The summed E-state index contributed by atoms with van der Waals surface area (Å²) in [6, 6.07) is 16.0. The van der Waals surface area contributed by atoms with Crippen LogP contribution in [0.2, 0.25) is 5.02 Å². The van der Waals surface area contributed by atoms with E-state index in [0.29, 0.717) is 23.7 Å². The monoisotopic (exact) mass is 328 g/mol. The molecule has 1 N–H and O–H groups in total. The molecule has 1 aliphatic rings. The first-order valence-corrected chi connectivity index (χ1v) is 7.88. The summed E-state index contributed by atoms with van der Waals surface area (Å²) in [6.45, 7) is 1.37. The molecule has 1 saturated heterocycles. The first kappa shape index (κ1) is 15.7. The molecule has 0 aliphatic carbocycles. The number of ketones is 1. The zero-order valence-corrected chi connectivity index (χ0v) is 13.3. The number of Topliss-reactive ketones (excluding diaryl/α,β-unsaturated/α-hetero) is 1. The van der Waals surface area contributed by atoms with Crippen LogP contribution in [0.4, 0.5) is 0 Å². The van der Waals surface area contributed by atoms with Crippen molar-refractivity contribution in [2.45, 2.75) is 6.04 Å². The van der Waals surface area contributed by atoms with Gasteiger partial charge in [0.2, 0.25) is 5.91 Å². The van der Waals surface area contributed by atoms with Gasteiger partial charge in [0, 0.05) is 23.7 Å². The molecule has 0 spiro atoms. The van der Waals surface area contributed by atoms with Gasteiger partial charge in [-0.05, 0) is 17.7 Å². The predicted molar refractivity (Wildman–Crippen MR) is 89.5 cm³/mol. The Hall–Kier alpha value is -2.17. The van der Waals surface area contributed by atoms with Crippen molar-refractivity contribution in [1.82, 2.24) is 10.2 Å². The van der Waals surface area contributed by atoms with Crippen molar-refractivity contribution in [2.24, 2.45) is 0 Å². The number of piperazine rings is 1. The highest BCUT2D eigenvalue weighted by molar-refractivity contribution is 6.31. The third kappa shape index (κ3) is 3.60. The summed E-state index contributed by atoms with van der Waals surface area (Å²) in [5.74, 6) is -0.107. The van der Waals surface area contributed by atoms with E-state index in [9.17, 15) is 9.59 Å². The number of hydrogen-bond donors (Lipinski definition) is 1. The van der Waals surface area contributed by atoms with Crippen LogP contribution < -0.4 is 5.32 Å². The van der Waals surface area contributed by atoms with E-state index in [1.54, 1.807) is 24.3 Å². The van der Waals surface area contributed by atoms with Crippen LogP contribution in [0.15, 0.2) is 54.6 Å². The lowest BCUT2D eigenvalue weighted by Gasteiger charge is -2.34. The van der Waals surface area contributed by atoms with Gasteiger partial charge in [0.25, 0.3) is 0 Å². The maximum atomic E-state index is 12.5. The van der Waals surface area contributed by atoms with Crippen LogP contribution in [-0.4, -0.2) is 36.2 Å². The summed E-state index contributed by atoms with van der Waals surface area (Å²) in [5.41, 5.74) is 1.46. The third-order valence-corrected chi connectivity index (χ3v) is 4.16. The molecule has 118 valence electrons. The van der Waals surface area contributed by atoms with E-state index in [1.165, 1.54) is 0 Å². The maximum absolute atomic E-state index is 12.5. The first-order chi connectivity index (χ1) is 11.1. The number of carbonyl (C=O) groups is 2. The third-order valence-electron chi connectivity index (χ3n) is 3.92. The fourth-order valence-electron chi connectivity index (χ4n) is 2.82. The zero-order chi connectivity index (χ0) is 16.2. The lowest BCUT2D eigenvalue weighted by Crippen LogP contribution is -2.51. The van der Waals surface area contributed by atoms with E-state index in [2.05, 4.69) is 5.32 Å². The Morgan fingerprint density at radius 2 is 1.96 bits per heavy atom. The van der Waals surface area contributed by atoms with Crippen LogP contribution in [0.25, 0.3) is 0 Å². The molecule has 3 rings (SSSR count). The minimum atomic E-state index is -0.437. The summed E-state index contributed by atoms with van der Waals surface area (Å²) < 4.78 is 0. The molecule has 0 aromatic heterocycles. The molecule has 23 heavy (non-hydrogen) atoms. The SMILES string of the molecule is O=C(CN1CCNC(=O)C1c1ccccc1)c1cccc(Cl)c1. The number of nitrogens with zero attached hydrogens (tertiary/aromatic N) is 1. The van der Waals surface area contributed by atoms with Gasteiger partial charge in [-0.15, -0.1) is 0 Å². The average Bonchev–Trinajstić information content (AvgIpc) is 2.56. The van der Waals surface area contributed by atoms with Crippen LogP contribution >= 0.6 is 11.6 Å². The summed E-state index contributed by atoms with van der Waals surface area (Å²) in [7, 11) is 0. The molecule has 5 heteroatoms. The zero-order valence-electron chi connectivity index (χ0n) is 12.5. The van der Waals surface area contributed by atoms with Crippen LogP contribution in [0.3, 0.4) is 0 Å². The smallest absolute Gasteiger partial charge is 0.242 e. The van der Waals surface area contributed by atoms with Crippen molar-refractivity contribution in [3.8, 4) is 0 Å². The van der Waals surface area contributed by atoms with Crippen LogP contribution in [0, 0.1) is 0 Å². The van der Waals surface area contributed by atoms with Gasteiger partial charge in [-0.25, -0.2) is 0 Å². The Morgan fingerprint density at radius 1 is 1.17 bits per heavy atom. The molecule has 0 saturated carbocycles. The van der Waals surface area contributed by atoms with Gasteiger partial charge >= 0.3 is 0 Å². The molecule has 2 aromatic rings. The molecule has 0 bridgehead atoms. The lowest BCUT2D eigenvalue weighted by molar-refractivity contribution is -0.128. The Balaban J connectivity index is 1.82. The van der Waals surface area contributed by atoms with Gasteiger partial charge in [-0.3, -0.25) is 14.5 Å². The summed E-state index contributed by atoms with van der Waals surface area (Å²) in [4.78, 5) is 26.7. The fourth-order valence-corrected chi connectivity index (χ4v) is 3.01. The van der Waals surface area contributed by atoms with Crippen molar-refractivity contribution in [1.29, 1.82) is 0 Å². The van der Waals surface area contributed by atoms with E-state index < -0.39 is 6.04 Å². The molecule has 2 aromatic carbocycles. The molecule has 0 radical (unpaired) electrons. The van der Waals surface area contributed by atoms with Crippen LogP contribution in [0.5, 0.6) is 0 Å². The second-order valence-corrected chi connectivity index (χ2v) is 5.94. The molecule has 4 nitrogen and oxygen atoms in total. The van der Waals surface area contributed by atoms with Gasteiger partial charge in [-0.2, -0.15) is 0 Å². The predicted octanol–water partition coefficient (Wildman–Crippen LogP) is 2.70. The number of benzene rings is 2. The number of rotatable bonds is 4. The van der Waals surface area contributed by atoms with Crippen molar-refractivity contribution < 1.29 is 9.59 Å². The average molecular weight is 329 g/mol. The van der Waals surface area contributed by atoms with Crippen molar-refractivity contribution in [3.05, 3.63) is 70.7 Å². The van der Waals surface area contributed by atoms with Crippen molar-refractivity contribution in [2.75, 3.05) is 19.6 Å². The highest BCUT2D eigenvalue weighted by Crippen LogP contribution is 2.23. The normalized spacial score (nSPS) is 18.5. The molecule has 1 amide bonds. The Labute approximate surface area is 140 Å². The van der Waals surface area contributed by atoms with E-state index >= 15 is 0 Å². The van der Waals surface area contributed by atoms with Crippen molar-refractivity contribution >= 4 is 23.3 Å². The minimum Gasteiger partial charge on any atom is -0.353 e. The summed E-state index contributed by atoms with van der Waals surface area (Å²) in [6.07, 6.45) is 0. The Bertz CT molecular complexity index is 718. The van der Waals surface area contributed by atoms with Gasteiger partial charge < -0.3 is 5.32 Å². The lowest BCUT2D eigenvalue weighted by atomic mass is 10.0. The molecular formula is C18H17ClN2O2. The summed E-state index contributed by atoms with van der Waals surface area (Å²) in [5, 5.41) is 3.40. The first-order valence-electron chi connectivity index (χ1n) is 7.50. The van der Waals surface area contributed by atoms with E-state index in [1.807, 2.05) is 35.2 Å². The molecule has 1 fully saturated rings. The Morgan fingerprint density at radius 3 is 2.70 bits per heavy atom. The number of amides is 1. The molecule has 1 unspecified atom stereocenters. The standard InChI is InChI=1S/C18H17ClN2O2/c19-15-8-4-7-14(11-15)16(22)12-21-10-9-20-18(23)17(21)13-5-2-1-3-6-13/h1-8,11,17H,9-10,12H2,(H,20,23). The van der Waals surface area contributed by atoms with E-state index in [0.717, 1.165) is 5.56 Å². The van der Waals surface area contributed by atoms with Crippen molar-refractivity contribution in [3.63, 3.8) is 0 Å². The minimum absolute atomic E-state index is 0.0388. The molecule has 1 heterocycles. The molecule has 1 atom stereocenters. The van der Waals surface area contributed by atoms with Gasteiger partial charge in [0.1, 0.15) is 6.04 Å². The highest BCUT2D eigenvalue weighted by Gasteiger charge is 2.32. The quantitative estimate of drug-likeness (QED) is 0.878. The number of hydrogen-bond acceptors (Lipinski definition) is 3. The number of nitrogens with one attached hydrogen (secondary N) is 1. The second-order valence-electron chi connectivity index (χ2n) is 5.51. The van der Waals surface area contributed by atoms with Crippen LogP contribution in [0.1, 0.15) is 22.0 Å². The topological polar surface area (TPSA) is 49.4 Å². The summed E-state index contributed by atoms with van der Waals surface area (Å²) >= 11 is 5.95. The molecular weight excluding hydrogens is 312 g/mol. The van der Waals surface area contributed by atoms with E-state index in [-0.39, 0.29) is 18.2 Å². The van der Waals surface area contributed by atoms with Gasteiger partial charge in [0.05, 0.1) is 6.54 Å². The van der Waals surface area contributed by atoms with Crippen LogP contribution in [-0.2, 0) is 4.79 Å². The molecule has 1 aliphatic heterocycles. The van der Waals surface area contributed by atoms with E-state index in [4.69, 9.17) is 11.6 Å². The van der Waals surface area contributed by atoms with Gasteiger partial charge in [0.15, 0.2) is 5.78 Å². The number of halogens is 1.